The molecule has 1 aliphatic carbocycles. The molecule has 1 aromatic carbocycles. The van der Waals surface area contributed by atoms with Crippen molar-refractivity contribution in [2.45, 2.75) is 19.5 Å². The number of amides is 1. The van der Waals surface area contributed by atoms with Crippen molar-refractivity contribution in [1.29, 1.82) is 0 Å². The molecule has 1 aromatic rings. The van der Waals surface area contributed by atoms with E-state index >= 15 is 0 Å². The Morgan fingerprint density at radius 1 is 1.37 bits per heavy atom. The van der Waals surface area contributed by atoms with Crippen LogP contribution in [-0.4, -0.2) is 23.6 Å². The van der Waals surface area contributed by atoms with E-state index in [1.54, 1.807) is 0 Å². The number of carbonyl (C=O) groups is 2. The number of anilines is 1. The van der Waals surface area contributed by atoms with E-state index in [2.05, 4.69) is 10.1 Å². The monoisotopic (exact) mass is 271 g/mol. The van der Waals surface area contributed by atoms with Crippen molar-refractivity contribution in [1.82, 2.24) is 0 Å². The van der Waals surface area contributed by atoms with Crippen LogP contribution < -0.4 is 10.1 Å². The van der Waals surface area contributed by atoms with Crippen LogP contribution in [0.15, 0.2) is 24.3 Å². The van der Waals surface area contributed by atoms with Crippen molar-refractivity contribution in [3.63, 3.8) is 0 Å². The summed E-state index contributed by atoms with van der Waals surface area (Å²) in [5.41, 5.74) is -1.16. The number of carbonyl (C=O) groups excluding carboxylic acids is 1. The fourth-order valence-electron chi connectivity index (χ4n) is 1.66. The summed E-state index contributed by atoms with van der Waals surface area (Å²) in [6.07, 6.45) is 0.558. The standard InChI is InChI=1S/C12H11F2NO4/c13-11(14)19-8-3-1-2-7(6-8)15-9(16)12(4-5-12)10(17)18/h1-3,6,11H,4-5H2,(H,15,16)(H,17,18). The molecule has 5 nitrogen and oxygen atoms in total. The molecular formula is C12H11F2NO4. The van der Waals surface area contributed by atoms with Gasteiger partial charge in [-0.25, -0.2) is 0 Å². The van der Waals surface area contributed by atoms with E-state index in [0.717, 1.165) is 0 Å². The number of carboxylic acids is 1. The van der Waals surface area contributed by atoms with Gasteiger partial charge in [-0.2, -0.15) is 8.78 Å². The molecular weight excluding hydrogens is 260 g/mol. The smallest absolute Gasteiger partial charge is 0.387 e. The largest absolute Gasteiger partial charge is 0.480 e. The number of ether oxygens (including phenoxy) is 1. The number of nitrogens with one attached hydrogen (secondary N) is 1. The highest BCUT2D eigenvalue weighted by Crippen LogP contribution is 2.46. The third-order valence-corrected chi connectivity index (χ3v) is 2.91. The van der Waals surface area contributed by atoms with Crippen LogP contribution in [-0.2, 0) is 9.59 Å². The molecule has 0 unspecified atom stereocenters. The Morgan fingerprint density at radius 3 is 2.58 bits per heavy atom. The average Bonchev–Trinajstić information content (AvgIpc) is 3.09. The zero-order valence-electron chi connectivity index (χ0n) is 9.73. The minimum Gasteiger partial charge on any atom is -0.480 e. The van der Waals surface area contributed by atoms with Gasteiger partial charge in [0, 0.05) is 11.8 Å². The molecule has 0 radical (unpaired) electrons. The first-order valence-corrected chi connectivity index (χ1v) is 5.54. The Labute approximate surface area is 107 Å². The zero-order chi connectivity index (χ0) is 14.0. The number of hydrogen-bond donors (Lipinski definition) is 2. The SMILES string of the molecule is O=C(O)C1(C(=O)Nc2cccc(OC(F)F)c2)CC1. The molecule has 0 spiro atoms. The van der Waals surface area contributed by atoms with Crippen molar-refractivity contribution >= 4 is 17.6 Å². The van der Waals surface area contributed by atoms with Crippen LogP contribution >= 0.6 is 0 Å². The fourth-order valence-corrected chi connectivity index (χ4v) is 1.66. The van der Waals surface area contributed by atoms with Crippen LogP contribution in [0, 0.1) is 5.41 Å². The van der Waals surface area contributed by atoms with Crippen LogP contribution in [0.1, 0.15) is 12.8 Å². The first-order valence-electron chi connectivity index (χ1n) is 5.54. The summed E-state index contributed by atoms with van der Waals surface area (Å²) in [7, 11) is 0. The molecule has 1 aliphatic rings. The minimum atomic E-state index is -2.96. The summed E-state index contributed by atoms with van der Waals surface area (Å²) in [4.78, 5) is 22.7. The van der Waals surface area contributed by atoms with Crippen LogP contribution in [0.4, 0.5) is 14.5 Å². The Kier molecular flexibility index (Phi) is 3.37. The highest BCUT2D eigenvalue weighted by atomic mass is 19.3. The molecule has 1 amide bonds. The molecule has 0 bridgehead atoms. The van der Waals surface area contributed by atoms with Crippen molar-refractivity contribution in [3.05, 3.63) is 24.3 Å². The molecule has 0 aromatic heterocycles. The van der Waals surface area contributed by atoms with E-state index in [1.807, 2.05) is 0 Å². The quantitative estimate of drug-likeness (QED) is 0.804. The van der Waals surface area contributed by atoms with Gasteiger partial charge in [0.2, 0.25) is 5.91 Å². The lowest BCUT2D eigenvalue weighted by Gasteiger charge is -2.12. The lowest BCUT2D eigenvalue weighted by molar-refractivity contribution is -0.147. The van der Waals surface area contributed by atoms with E-state index in [4.69, 9.17) is 5.11 Å². The predicted molar refractivity (Wildman–Crippen MR) is 61.0 cm³/mol. The van der Waals surface area contributed by atoms with E-state index in [1.165, 1.54) is 24.3 Å². The zero-order valence-corrected chi connectivity index (χ0v) is 9.73. The molecule has 0 aliphatic heterocycles. The predicted octanol–water partition coefficient (Wildman–Crippen LogP) is 2.09. The highest BCUT2D eigenvalue weighted by molar-refractivity contribution is 6.10. The van der Waals surface area contributed by atoms with Gasteiger partial charge in [0.05, 0.1) is 0 Å². The van der Waals surface area contributed by atoms with Gasteiger partial charge in [0.15, 0.2) is 0 Å². The fraction of sp³-hybridized carbons (Fsp3) is 0.333. The van der Waals surface area contributed by atoms with Crippen molar-refractivity contribution in [3.8, 4) is 5.75 Å². The summed E-state index contributed by atoms with van der Waals surface area (Å²) < 4.78 is 28.2. The molecule has 0 atom stereocenters. The topological polar surface area (TPSA) is 75.6 Å². The van der Waals surface area contributed by atoms with E-state index in [9.17, 15) is 18.4 Å². The normalized spacial score (nSPS) is 15.9. The Balaban J connectivity index is 2.07. The van der Waals surface area contributed by atoms with Gasteiger partial charge >= 0.3 is 12.6 Å². The lowest BCUT2D eigenvalue weighted by atomic mass is 10.1. The lowest BCUT2D eigenvalue weighted by Crippen LogP contribution is -2.31. The first kappa shape index (κ1) is 13.3. The number of rotatable bonds is 5. The second-order valence-corrected chi connectivity index (χ2v) is 4.25. The molecule has 2 N–H and O–H groups in total. The van der Waals surface area contributed by atoms with Gasteiger partial charge in [-0.05, 0) is 25.0 Å². The molecule has 102 valence electrons. The van der Waals surface area contributed by atoms with Crippen LogP contribution in [0.3, 0.4) is 0 Å². The van der Waals surface area contributed by atoms with E-state index in [0.29, 0.717) is 0 Å². The Morgan fingerprint density at radius 2 is 2.05 bits per heavy atom. The van der Waals surface area contributed by atoms with Gasteiger partial charge < -0.3 is 15.2 Å². The van der Waals surface area contributed by atoms with Gasteiger partial charge in [-0.15, -0.1) is 0 Å². The average molecular weight is 271 g/mol. The summed E-state index contributed by atoms with van der Waals surface area (Å²) in [6, 6.07) is 5.41. The van der Waals surface area contributed by atoms with Gasteiger partial charge in [0.25, 0.3) is 0 Å². The van der Waals surface area contributed by atoms with Gasteiger partial charge in [-0.1, -0.05) is 6.07 Å². The maximum atomic E-state index is 12.0. The van der Waals surface area contributed by atoms with Gasteiger partial charge in [-0.3, -0.25) is 9.59 Å². The number of hydrogen-bond acceptors (Lipinski definition) is 3. The van der Waals surface area contributed by atoms with Crippen molar-refractivity contribution < 1.29 is 28.2 Å². The second kappa shape index (κ2) is 4.83. The maximum absolute atomic E-state index is 12.0. The number of carboxylic acid groups (broad SMARTS) is 1. The maximum Gasteiger partial charge on any atom is 0.387 e. The van der Waals surface area contributed by atoms with Crippen molar-refractivity contribution in [2.75, 3.05) is 5.32 Å². The third kappa shape index (κ3) is 2.81. The first-order chi connectivity index (χ1) is 8.94. The molecule has 1 fully saturated rings. The highest BCUT2D eigenvalue weighted by Gasteiger charge is 2.57. The van der Waals surface area contributed by atoms with Gasteiger partial charge in [0.1, 0.15) is 11.2 Å². The summed E-state index contributed by atoms with van der Waals surface area (Å²) in [5, 5.41) is 11.3. The molecule has 2 rings (SSSR count). The second-order valence-electron chi connectivity index (χ2n) is 4.25. The molecule has 0 saturated heterocycles. The molecule has 19 heavy (non-hydrogen) atoms. The number of aliphatic carboxylic acids is 1. The Hall–Kier alpha value is -2.18. The summed E-state index contributed by atoms with van der Waals surface area (Å²) >= 11 is 0. The van der Waals surface area contributed by atoms with Crippen LogP contribution in [0.2, 0.25) is 0 Å². The van der Waals surface area contributed by atoms with Crippen LogP contribution in [0.5, 0.6) is 5.75 Å². The van der Waals surface area contributed by atoms with Crippen molar-refractivity contribution in [2.24, 2.45) is 5.41 Å². The summed E-state index contributed by atoms with van der Waals surface area (Å²) in [6.45, 7) is -2.96. The van der Waals surface area contributed by atoms with E-state index in [-0.39, 0.29) is 24.3 Å². The number of benzene rings is 1. The number of halogens is 2. The molecule has 7 heteroatoms. The molecule has 1 saturated carbocycles. The third-order valence-electron chi connectivity index (χ3n) is 2.91. The minimum absolute atomic E-state index is 0.104. The van der Waals surface area contributed by atoms with Crippen LogP contribution in [0.25, 0.3) is 0 Å². The summed E-state index contributed by atoms with van der Waals surface area (Å²) in [5.74, 6) is -1.92. The molecule has 0 heterocycles. The Bertz CT molecular complexity index is 514. The number of alkyl halides is 2. The van der Waals surface area contributed by atoms with E-state index < -0.39 is 23.9 Å².